The highest BCUT2D eigenvalue weighted by atomic mass is 16.7. The van der Waals surface area contributed by atoms with Crippen LogP contribution in [0.1, 0.15) is 39.0 Å². The molecule has 246 valence electrons. The van der Waals surface area contributed by atoms with Gasteiger partial charge in [-0.05, 0) is 64.6 Å². The fourth-order valence-electron chi connectivity index (χ4n) is 5.96. The maximum absolute atomic E-state index is 11.6. The van der Waals surface area contributed by atoms with Crippen LogP contribution in [0.5, 0.6) is 0 Å². The fraction of sp³-hybridized carbons (Fsp3) is 0.926. The third kappa shape index (κ3) is 9.25. The van der Waals surface area contributed by atoms with Crippen LogP contribution < -0.4 is 33.6 Å². The second kappa shape index (κ2) is 16.3. The zero-order chi connectivity index (χ0) is 31.0. The van der Waals surface area contributed by atoms with Crippen molar-refractivity contribution in [1.82, 2.24) is 10.6 Å². The summed E-state index contributed by atoms with van der Waals surface area (Å²) < 4.78 is 24.2. The summed E-state index contributed by atoms with van der Waals surface area (Å²) in [5, 5.41) is 58.7. The Balaban J connectivity index is 1.73. The van der Waals surface area contributed by atoms with Crippen molar-refractivity contribution in [3.05, 3.63) is 11.8 Å². The molecular formula is C27H54N6O9. The van der Waals surface area contributed by atoms with Crippen LogP contribution in [-0.4, -0.2) is 138 Å². The largest absolute Gasteiger partial charge is 0.467 e. The van der Waals surface area contributed by atoms with Gasteiger partial charge >= 0.3 is 0 Å². The Kier molecular flexibility index (Phi) is 13.8. The molecule has 0 spiro atoms. The molecule has 0 bridgehead atoms. The Morgan fingerprint density at radius 2 is 1.83 bits per heavy atom. The molecule has 15 N–H and O–H groups in total. The molecule has 2 heterocycles. The van der Waals surface area contributed by atoms with E-state index in [-0.39, 0.29) is 19.1 Å². The SMILES string of the molecule is CN[C@@H]1[C@@H](O)[C@@H](O[C@H]2[C@H](CCC(O)CCN)C[C@H](N)C(O[C@H]3OC(CNCC(N)CO)=CC[C@H]3N)[C@@H]2O)OC[C@]1(C)O. The summed E-state index contributed by atoms with van der Waals surface area (Å²) in [6.07, 6.45) is -2.88. The number of aliphatic hydroxyl groups is 5. The van der Waals surface area contributed by atoms with Crippen molar-refractivity contribution in [1.29, 1.82) is 0 Å². The predicted molar refractivity (Wildman–Crippen MR) is 153 cm³/mol. The molecule has 3 rings (SSSR count). The Bertz CT molecular complexity index is 842. The predicted octanol–water partition coefficient (Wildman–Crippen LogP) is -4.12. The lowest BCUT2D eigenvalue weighted by Gasteiger charge is -2.49. The maximum atomic E-state index is 11.6. The molecule has 3 aliphatic rings. The zero-order valence-corrected chi connectivity index (χ0v) is 24.8. The van der Waals surface area contributed by atoms with Crippen LogP contribution in [0.15, 0.2) is 11.8 Å². The van der Waals surface area contributed by atoms with Gasteiger partial charge in [-0.15, -0.1) is 0 Å². The van der Waals surface area contributed by atoms with E-state index in [1.807, 2.05) is 6.08 Å². The van der Waals surface area contributed by atoms with Crippen molar-refractivity contribution >= 4 is 0 Å². The fourth-order valence-corrected chi connectivity index (χ4v) is 5.96. The van der Waals surface area contributed by atoms with E-state index in [9.17, 15) is 20.4 Å². The summed E-state index contributed by atoms with van der Waals surface area (Å²) in [5.74, 6) is 0.291. The number of nitrogens with one attached hydrogen (secondary N) is 2. The first-order chi connectivity index (χ1) is 19.9. The van der Waals surface area contributed by atoms with Crippen LogP contribution in [0.2, 0.25) is 0 Å². The maximum Gasteiger partial charge on any atom is 0.215 e. The van der Waals surface area contributed by atoms with Crippen LogP contribution in [0.3, 0.4) is 0 Å². The molecule has 0 aromatic carbocycles. The second-order valence-electron chi connectivity index (χ2n) is 12.1. The van der Waals surface area contributed by atoms with E-state index in [1.165, 1.54) is 0 Å². The number of ether oxygens (including phenoxy) is 4. The summed E-state index contributed by atoms with van der Waals surface area (Å²) in [6.45, 7) is 2.40. The number of rotatable bonds is 15. The number of nitrogens with two attached hydrogens (primary N) is 4. The molecular weight excluding hydrogens is 552 g/mol. The van der Waals surface area contributed by atoms with Crippen molar-refractivity contribution in [2.45, 2.75) is 112 Å². The minimum atomic E-state index is -1.34. The highest BCUT2D eigenvalue weighted by Crippen LogP contribution is 2.36. The first-order valence-corrected chi connectivity index (χ1v) is 14.9. The highest BCUT2D eigenvalue weighted by Gasteiger charge is 2.51. The van der Waals surface area contributed by atoms with Gasteiger partial charge in [0.2, 0.25) is 6.29 Å². The Hall–Kier alpha value is -1.02. The van der Waals surface area contributed by atoms with Gasteiger partial charge in [0.25, 0.3) is 0 Å². The quantitative estimate of drug-likeness (QED) is 0.0845. The zero-order valence-electron chi connectivity index (χ0n) is 24.8. The molecule has 1 saturated carbocycles. The minimum absolute atomic E-state index is 0.0977. The molecule has 15 nitrogen and oxygen atoms in total. The molecule has 42 heavy (non-hydrogen) atoms. The Morgan fingerprint density at radius 1 is 1.12 bits per heavy atom. The molecule has 1 aliphatic carbocycles. The molecule has 2 aliphatic heterocycles. The monoisotopic (exact) mass is 606 g/mol. The smallest absolute Gasteiger partial charge is 0.215 e. The van der Waals surface area contributed by atoms with Gasteiger partial charge in [-0.25, -0.2) is 0 Å². The lowest BCUT2D eigenvalue weighted by Crippen LogP contribution is -2.67. The Morgan fingerprint density at radius 3 is 2.50 bits per heavy atom. The van der Waals surface area contributed by atoms with E-state index < -0.39 is 72.9 Å². The number of hydrogen-bond donors (Lipinski definition) is 11. The van der Waals surface area contributed by atoms with Crippen LogP contribution in [0.25, 0.3) is 0 Å². The third-order valence-electron chi connectivity index (χ3n) is 8.40. The lowest BCUT2D eigenvalue weighted by molar-refractivity contribution is -0.308. The van der Waals surface area contributed by atoms with Gasteiger partial charge in [0, 0.05) is 18.6 Å². The summed E-state index contributed by atoms with van der Waals surface area (Å²) >= 11 is 0. The molecule has 2 fully saturated rings. The van der Waals surface area contributed by atoms with Crippen molar-refractivity contribution in [3.8, 4) is 0 Å². The minimum Gasteiger partial charge on any atom is -0.467 e. The van der Waals surface area contributed by atoms with Gasteiger partial charge in [0.15, 0.2) is 6.29 Å². The summed E-state index contributed by atoms with van der Waals surface area (Å²) in [6, 6.07) is -2.26. The molecule has 0 aromatic rings. The van der Waals surface area contributed by atoms with Gasteiger partial charge in [-0.3, -0.25) is 0 Å². The van der Waals surface area contributed by atoms with Crippen molar-refractivity contribution in [2.24, 2.45) is 28.9 Å². The average molecular weight is 607 g/mol. The Labute approximate surface area is 247 Å². The van der Waals surface area contributed by atoms with Gasteiger partial charge in [0.05, 0.1) is 44.1 Å². The average Bonchev–Trinajstić information content (AvgIpc) is 2.94. The topological polar surface area (TPSA) is 266 Å². The van der Waals surface area contributed by atoms with Crippen LogP contribution in [-0.2, 0) is 18.9 Å². The van der Waals surface area contributed by atoms with Crippen molar-refractivity contribution in [2.75, 3.05) is 39.9 Å². The summed E-state index contributed by atoms with van der Waals surface area (Å²) in [4.78, 5) is 0. The van der Waals surface area contributed by atoms with E-state index in [1.54, 1.807) is 14.0 Å². The van der Waals surface area contributed by atoms with E-state index >= 15 is 0 Å². The standard InChI is InChI=1S/C27H54N6O9/c1-27(38)13-39-26(21(37)24(27)32-2)41-22-14(3-4-16(35)7-8-28)9-19(31)23(20(22)36)42-25-18(30)6-5-17(40-25)11-33-10-15(29)12-34/h5,14-16,18-26,32-38H,3-4,6-13,28-31H2,1-2H3/t14-,15?,16?,18-,19+,20-,21-,22+,23?,24-,25-,26-,27+/m1/s1. The van der Waals surface area contributed by atoms with Gasteiger partial charge in [-0.1, -0.05) is 0 Å². The molecule has 3 unspecified atom stereocenters. The van der Waals surface area contributed by atoms with Crippen molar-refractivity contribution in [3.63, 3.8) is 0 Å². The second-order valence-corrected chi connectivity index (χ2v) is 12.1. The summed E-state index contributed by atoms with van der Waals surface area (Å²) in [5.41, 5.74) is 22.8. The molecule has 15 heteroatoms. The van der Waals surface area contributed by atoms with E-state index in [0.29, 0.717) is 57.5 Å². The van der Waals surface area contributed by atoms with Gasteiger partial charge in [0.1, 0.15) is 29.7 Å². The molecule has 0 amide bonds. The third-order valence-corrected chi connectivity index (χ3v) is 8.40. The highest BCUT2D eigenvalue weighted by molar-refractivity contribution is 5.04. The number of aliphatic hydroxyl groups excluding tert-OH is 4. The van der Waals surface area contributed by atoms with Crippen LogP contribution in [0.4, 0.5) is 0 Å². The van der Waals surface area contributed by atoms with E-state index in [2.05, 4.69) is 10.6 Å². The van der Waals surface area contributed by atoms with E-state index in [4.69, 9.17) is 47.0 Å². The lowest BCUT2D eigenvalue weighted by atomic mass is 9.76. The van der Waals surface area contributed by atoms with Crippen LogP contribution >= 0.6 is 0 Å². The van der Waals surface area contributed by atoms with E-state index in [0.717, 1.165) is 0 Å². The van der Waals surface area contributed by atoms with Gasteiger partial charge in [-0.2, -0.15) is 0 Å². The molecule has 0 radical (unpaired) electrons. The van der Waals surface area contributed by atoms with Gasteiger partial charge < -0.3 is 78.0 Å². The van der Waals surface area contributed by atoms with Crippen molar-refractivity contribution < 1.29 is 44.5 Å². The summed E-state index contributed by atoms with van der Waals surface area (Å²) in [7, 11) is 1.62. The molecule has 1 saturated heterocycles. The molecule has 0 aromatic heterocycles. The normalized spacial score (nSPS) is 40.7. The van der Waals surface area contributed by atoms with Crippen LogP contribution in [0, 0.1) is 5.92 Å². The molecule has 13 atom stereocenters. The number of likely N-dealkylation sites (N-methyl/N-ethyl adjacent to an activating group) is 1. The first kappa shape index (κ1) is 35.5. The first-order valence-electron chi connectivity index (χ1n) is 14.9. The number of hydrogen-bond acceptors (Lipinski definition) is 15.